The third-order valence-electron chi connectivity index (χ3n) is 4.79. The van der Waals surface area contributed by atoms with Crippen LogP contribution in [0.3, 0.4) is 0 Å². The predicted octanol–water partition coefficient (Wildman–Crippen LogP) is 6.61. The lowest BCUT2D eigenvalue weighted by Crippen LogP contribution is -2.22. The summed E-state index contributed by atoms with van der Waals surface area (Å²) in [6.45, 7) is 11.0. The van der Waals surface area contributed by atoms with Gasteiger partial charge in [-0.25, -0.2) is 4.98 Å². The molecule has 27 heavy (non-hydrogen) atoms. The molecule has 0 fully saturated rings. The maximum atomic E-state index is 6.09. The highest BCUT2D eigenvalue weighted by atomic mass is 35.5. The highest BCUT2D eigenvalue weighted by molar-refractivity contribution is 6.29. The van der Waals surface area contributed by atoms with E-state index in [1.807, 2.05) is 18.2 Å². The van der Waals surface area contributed by atoms with Gasteiger partial charge in [0.25, 0.3) is 0 Å². The number of aromatic nitrogens is 2. The van der Waals surface area contributed by atoms with Gasteiger partial charge in [0.05, 0.1) is 5.69 Å². The second-order valence-corrected chi connectivity index (χ2v) is 9.15. The van der Waals surface area contributed by atoms with Crippen LogP contribution in [0.25, 0.3) is 11.3 Å². The summed E-state index contributed by atoms with van der Waals surface area (Å²) in [4.78, 5) is 9.41. The zero-order valence-electron chi connectivity index (χ0n) is 16.8. The maximum Gasteiger partial charge on any atom is 0.129 e. The third-order valence-corrected chi connectivity index (χ3v) is 5.01. The minimum Gasteiger partial charge on any atom is -0.252 e. The quantitative estimate of drug-likeness (QED) is 0.477. The molecule has 0 bridgehead atoms. The minimum absolute atomic E-state index is 0.0356. The van der Waals surface area contributed by atoms with Crippen LogP contribution in [-0.4, -0.2) is 9.97 Å². The Labute approximate surface area is 167 Å². The molecule has 0 radical (unpaired) electrons. The number of benzene rings is 1. The Kier molecular flexibility index (Phi) is 5.39. The molecule has 0 atom stereocenters. The van der Waals surface area contributed by atoms with Gasteiger partial charge in [-0.05, 0) is 42.3 Å². The van der Waals surface area contributed by atoms with E-state index < -0.39 is 0 Å². The molecule has 3 rings (SSSR count). The van der Waals surface area contributed by atoms with Gasteiger partial charge in [-0.1, -0.05) is 76.6 Å². The lowest BCUT2D eigenvalue weighted by atomic mass is 9.82. The minimum atomic E-state index is -0.107. The summed E-state index contributed by atoms with van der Waals surface area (Å²) in [5.74, 6) is 0. The van der Waals surface area contributed by atoms with Crippen molar-refractivity contribution in [3.63, 3.8) is 0 Å². The van der Waals surface area contributed by atoms with Gasteiger partial charge in [0.2, 0.25) is 0 Å². The van der Waals surface area contributed by atoms with E-state index in [2.05, 4.69) is 82.1 Å². The highest BCUT2D eigenvalue weighted by Crippen LogP contribution is 2.29. The van der Waals surface area contributed by atoms with Crippen molar-refractivity contribution in [2.75, 3.05) is 0 Å². The summed E-state index contributed by atoms with van der Waals surface area (Å²) in [5.41, 5.74) is 5.47. The van der Waals surface area contributed by atoms with Crippen LogP contribution in [0.1, 0.15) is 51.6 Å². The van der Waals surface area contributed by atoms with Crippen molar-refractivity contribution in [1.82, 2.24) is 9.97 Å². The first-order valence-corrected chi connectivity index (χ1v) is 9.73. The van der Waals surface area contributed by atoms with Crippen LogP contribution in [0.5, 0.6) is 0 Å². The molecule has 0 unspecified atom stereocenters. The molecular weight excluding hydrogens is 352 g/mol. The third kappa shape index (κ3) is 4.75. The summed E-state index contributed by atoms with van der Waals surface area (Å²) >= 11 is 6.09. The van der Waals surface area contributed by atoms with Crippen LogP contribution in [0, 0.1) is 0 Å². The monoisotopic (exact) mass is 378 g/mol. The van der Waals surface area contributed by atoms with E-state index in [9.17, 15) is 0 Å². The number of pyridine rings is 2. The molecule has 0 aliphatic rings. The average Bonchev–Trinajstić information content (AvgIpc) is 2.61. The molecule has 0 N–H and O–H groups in total. The number of halogens is 1. The van der Waals surface area contributed by atoms with Crippen LogP contribution >= 0.6 is 11.6 Å². The second kappa shape index (κ2) is 7.44. The Bertz CT molecular complexity index is 939. The molecule has 0 saturated heterocycles. The van der Waals surface area contributed by atoms with Crippen molar-refractivity contribution in [3.05, 3.63) is 82.8 Å². The molecule has 0 spiro atoms. The Morgan fingerprint density at radius 3 is 2.15 bits per heavy atom. The van der Waals surface area contributed by atoms with Crippen LogP contribution in [0.15, 0.2) is 60.7 Å². The number of hydrogen-bond donors (Lipinski definition) is 0. The first-order valence-electron chi connectivity index (χ1n) is 9.35. The molecule has 2 aromatic heterocycles. The molecule has 3 heteroatoms. The highest BCUT2D eigenvalue weighted by Gasteiger charge is 2.23. The lowest BCUT2D eigenvalue weighted by molar-refractivity contribution is 0.505. The molecule has 3 aromatic rings. The molecule has 2 heterocycles. The number of nitrogens with zero attached hydrogens (tertiary/aromatic N) is 2. The van der Waals surface area contributed by atoms with Gasteiger partial charge in [-0.2, -0.15) is 0 Å². The van der Waals surface area contributed by atoms with Crippen LogP contribution in [-0.2, 0) is 17.3 Å². The van der Waals surface area contributed by atoms with E-state index in [1.54, 1.807) is 0 Å². The van der Waals surface area contributed by atoms with Crippen molar-refractivity contribution >= 4 is 11.6 Å². The van der Waals surface area contributed by atoms with E-state index in [0.717, 1.165) is 29.1 Å². The van der Waals surface area contributed by atoms with Gasteiger partial charge in [-0.3, -0.25) is 4.98 Å². The van der Waals surface area contributed by atoms with E-state index in [1.165, 1.54) is 5.56 Å². The topological polar surface area (TPSA) is 25.8 Å². The largest absolute Gasteiger partial charge is 0.252 e. The number of rotatable bonds is 4. The first kappa shape index (κ1) is 19.6. The normalized spacial score (nSPS) is 12.2. The second-order valence-electron chi connectivity index (χ2n) is 8.76. The van der Waals surface area contributed by atoms with Gasteiger partial charge in [0, 0.05) is 27.8 Å². The summed E-state index contributed by atoms with van der Waals surface area (Å²) in [5, 5.41) is 0.539. The van der Waals surface area contributed by atoms with Crippen molar-refractivity contribution < 1.29 is 0 Å². The smallest absolute Gasteiger partial charge is 0.129 e. The molecule has 0 aliphatic carbocycles. The first-order chi connectivity index (χ1) is 12.6. The maximum absolute atomic E-state index is 6.09. The SMILES string of the molecule is CC(C)(C)c1cccc(-c2cccc(CC(C)(C)c3cccc(Cl)n3)c2)n1. The zero-order chi connectivity index (χ0) is 19.7. The summed E-state index contributed by atoms with van der Waals surface area (Å²) in [6.07, 6.45) is 0.882. The van der Waals surface area contributed by atoms with E-state index in [4.69, 9.17) is 16.6 Å². The predicted molar refractivity (Wildman–Crippen MR) is 114 cm³/mol. The van der Waals surface area contributed by atoms with E-state index in [0.29, 0.717) is 5.15 Å². The Balaban J connectivity index is 1.90. The molecular formula is C24H27ClN2. The fraction of sp³-hybridized carbons (Fsp3) is 0.333. The van der Waals surface area contributed by atoms with Crippen LogP contribution in [0.2, 0.25) is 5.15 Å². The van der Waals surface area contributed by atoms with Gasteiger partial charge < -0.3 is 0 Å². The fourth-order valence-corrected chi connectivity index (χ4v) is 3.40. The molecule has 0 amide bonds. The molecule has 0 saturated carbocycles. The van der Waals surface area contributed by atoms with Crippen molar-refractivity contribution in [2.24, 2.45) is 0 Å². The number of hydrogen-bond acceptors (Lipinski definition) is 2. The van der Waals surface area contributed by atoms with Crippen molar-refractivity contribution in [2.45, 2.75) is 51.9 Å². The van der Waals surface area contributed by atoms with Gasteiger partial charge in [0.15, 0.2) is 0 Å². The Morgan fingerprint density at radius 2 is 1.44 bits per heavy atom. The average molecular weight is 379 g/mol. The van der Waals surface area contributed by atoms with E-state index in [-0.39, 0.29) is 10.8 Å². The Hall–Kier alpha value is -2.19. The molecule has 140 valence electrons. The molecule has 0 aliphatic heterocycles. The van der Waals surface area contributed by atoms with Crippen LogP contribution < -0.4 is 0 Å². The summed E-state index contributed by atoms with van der Waals surface area (Å²) in [7, 11) is 0. The standard InChI is InChI=1S/C24H27ClN2/c1-23(2,3)20-12-7-11-19(26-20)18-10-6-9-17(15-18)16-24(4,5)21-13-8-14-22(25)27-21/h6-15H,16H2,1-5H3. The summed E-state index contributed by atoms with van der Waals surface area (Å²) < 4.78 is 0. The van der Waals surface area contributed by atoms with Crippen molar-refractivity contribution in [1.29, 1.82) is 0 Å². The fourth-order valence-electron chi connectivity index (χ4n) is 3.24. The molecule has 2 nitrogen and oxygen atoms in total. The van der Waals surface area contributed by atoms with Crippen molar-refractivity contribution in [3.8, 4) is 11.3 Å². The summed E-state index contributed by atoms with van der Waals surface area (Å²) in [6, 6.07) is 20.7. The van der Waals surface area contributed by atoms with Gasteiger partial charge in [0.1, 0.15) is 5.15 Å². The van der Waals surface area contributed by atoms with E-state index >= 15 is 0 Å². The van der Waals surface area contributed by atoms with Gasteiger partial charge in [-0.15, -0.1) is 0 Å². The molecule has 1 aromatic carbocycles. The van der Waals surface area contributed by atoms with Crippen LogP contribution in [0.4, 0.5) is 0 Å². The lowest BCUT2D eigenvalue weighted by Gasteiger charge is -2.24. The zero-order valence-corrected chi connectivity index (χ0v) is 17.5. The van der Waals surface area contributed by atoms with Gasteiger partial charge >= 0.3 is 0 Å². The Morgan fingerprint density at radius 1 is 0.778 bits per heavy atom.